The zero-order valence-corrected chi connectivity index (χ0v) is 7.12. The van der Waals surface area contributed by atoms with Gasteiger partial charge < -0.3 is 14.9 Å². The van der Waals surface area contributed by atoms with Gasteiger partial charge in [-0.1, -0.05) is 0 Å². The Morgan fingerprint density at radius 1 is 1.67 bits per heavy atom. The molecule has 0 heterocycles. The van der Waals surface area contributed by atoms with E-state index in [0.717, 1.165) is 0 Å². The first-order valence-electron chi connectivity index (χ1n) is 4.01. The number of carboxylic acids is 1. The van der Waals surface area contributed by atoms with E-state index in [9.17, 15) is 4.79 Å². The van der Waals surface area contributed by atoms with Gasteiger partial charge in [-0.05, 0) is 19.3 Å². The predicted octanol–water partition coefficient (Wildman–Crippen LogP) is 0.249. The summed E-state index contributed by atoms with van der Waals surface area (Å²) in [6.45, 7) is 0.443. The van der Waals surface area contributed by atoms with Gasteiger partial charge in [0, 0.05) is 13.7 Å². The maximum Gasteiger partial charge on any atom is 0.309 e. The second-order valence-electron chi connectivity index (χ2n) is 3.39. The lowest BCUT2D eigenvalue weighted by molar-refractivity contribution is -0.165. The lowest BCUT2D eigenvalue weighted by Crippen LogP contribution is -2.47. The highest BCUT2D eigenvalue weighted by Gasteiger charge is 2.49. The van der Waals surface area contributed by atoms with Gasteiger partial charge in [-0.3, -0.25) is 4.79 Å². The average molecular weight is 174 g/mol. The standard InChI is InChI=1S/C8H14O4/c1-12-3-2-8(7(10)11)4-6(9)5-8/h6,9H,2-5H2,1H3,(H,10,11). The second kappa shape index (κ2) is 3.41. The van der Waals surface area contributed by atoms with Crippen molar-refractivity contribution in [1.82, 2.24) is 0 Å². The third-order valence-corrected chi connectivity index (χ3v) is 2.49. The largest absolute Gasteiger partial charge is 0.481 e. The Kier molecular flexibility index (Phi) is 2.69. The monoisotopic (exact) mass is 174 g/mol. The van der Waals surface area contributed by atoms with Crippen molar-refractivity contribution < 1.29 is 19.7 Å². The van der Waals surface area contributed by atoms with Crippen LogP contribution in [0.4, 0.5) is 0 Å². The molecule has 0 bridgehead atoms. The quantitative estimate of drug-likeness (QED) is 0.641. The molecule has 1 rings (SSSR count). The molecule has 0 spiro atoms. The van der Waals surface area contributed by atoms with E-state index in [4.69, 9.17) is 14.9 Å². The van der Waals surface area contributed by atoms with Gasteiger partial charge in [0.2, 0.25) is 0 Å². The van der Waals surface area contributed by atoms with Crippen molar-refractivity contribution in [3.8, 4) is 0 Å². The van der Waals surface area contributed by atoms with E-state index in [-0.39, 0.29) is 0 Å². The summed E-state index contributed by atoms with van der Waals surface area (Å²) in [4.78, 5) is 10.8. The first-order valence-corrected chi connectivity index (χ1v) is 4.01. The van der Waals surface area contributed by atoms with Crippen LogP contribution in [-0.2, 0) is 9.53 Å². The maximum absolute atomic E-state index is 10.8. The van der Waals surface area contributed by atoms with Crippen LogP contribution in [0.15, 0.2) is 0 Å². The molecule has 4 nitrogen and oxygen atoms in total. The minimum Gasteiger partial charge on any atom is -0.481 e. The van der Waals surface area contributed by atoms with Crippen LogP contribution >= 0.6 is 0 Å². The molecule has 0 amide bonds. The molecule has 70 valence electrons. The minimum atomic E-state index is -0.815. The Hall–Kier alpha value is -0.610. The van der Waals surface area contributed by atoms with Crippen LogP contribution in [0, 0.1) is 5.41 Å². The number of methoxy groups -OCH3 is 1. The molecule has 0 atom stereocenters. The molecule has 0 unspecified atom stereocenters. The number of aliphatic hydroxyl groups is 1. The summed E-state index contributed by atoms with van der Waals surface area (Å²) >= 11 is 0. The topological polar surface area (TPSA) is 66.8 Å². The highest BCUT2D eigenvalue weighted by atomic mass is 16.5. The van der Waals surface area contributed by atoms with Crippen LogP contribution in [0.1, 0.15) is 19.3 Å². The maximum atomic E-state index is 10.8. The SMILES string of the molecule is COCCC1(C(=O)O)CC(O)C1. The number of hydrogen-bond donors (Lipinski definition) is 2. The molecule has 4 heteroatoms. The second-order valence-corrected chi connectivity index (χ2v) is 3.39. The van der Waals surface area contributed by atoms with Crippen LogP contribution in [0.5, 0.6) is 0 Å². The zero-order valence-electron chi connectivity index (χ0n) is 7.12. The molecule has 0 aromatic carbocycles. The molecule has 1 fully saturated rings. The summed E-state index contributed by atoms with van der Waals surface area (Å²) in [7, 11) is 1.55. The fourth-order valence-corrected chi connectivity index (χ4v) is 1.63. The van der Waals surface area contributed by atoms with E-state index < -0.39 is 17.5 Å². The minimum absolute atomic E-state index is 0.367. The Morgan fingerprint density at radius 3 is 2.58 bits per heavy atom. The summed E-state index contributed by atoms with van der Waals surface area (Å²) < 4.78 is 4.81. The molecule has 2 N–H and O–H groups in total. The fourth-order valence-electron chi connectivity index (χ4n) is 1.63. The number of ether oxygens (including phenoxy) is 1. The Balaban J connectivity index is 2.45. The smallest absolute Gasteiger partial charge is 0.309 e. The number of carboxylic acid groups (broad SMARTS) is 1. The Morgan fingerprint density at radius 2 is 2.25 bits per heavy atom. The highest BCUT2D eigenvalue weighted by Crippen LogP contribution is 2.44. The molecular formula is C8H14O4. The third-order valence-electron chi connectivity index (χ3n) is 2.49. The van der Waals surface area contributed by atoms with E-state index in [1.807, 2.05) is 0 Å². The van der Waals surface area contributed by atoms with Gasteiger partial charge in [0.1, 0.15) is 0 Å². The number of rotatable bonds is 4. The van der Waals surface area contributed by atoms with Gasteiger partial charge in [0.25, 0.3) is 0 Å². The Labute approximate surface area is 71.2 Å². The molecule has 0 aromatic heterocycles. The van der Waals surface area contributed by atoms with E-state index in [1.54, 1.807) is 7.11 Å². The highest BCUT2D eigenvalue weighted by molar-refractivity contribution is 5.76. The molecule has 0 saturated heterocycles. The van der Waals surface area contributed by atoms with Crippen molar-refractivity contribution in [2.24, 2.45) is 5.41 Å². The van der Waals surface area contributed by atoms with Crippen LogP contribution in [0.3, 0.4) is 0 Å². The van der Waals surface area contributed by atoms with Crippen molar-refractivity contribution in [3.05, 3.63) is 0 Å². The van der Waals surface area contributed by atoms with Crippen LogP contribution in [0.2, 0.25) is 0 Å². The van der Waals surface area contributed by atoms with Crippen molar-refractivity contribution >= 4 is 5.97 Å². The first-order chi connectivity index (χ1) is 5.60. The lowest BCUT2D eigenvalue weighted by Gasteiger charge is -2.41. The third kappa shape index (κ3) is 1.59. The normalized spacial score (nSPS) is 34.3. The lowest BCUT2D eigenvalue weighted by atomic mass is 9.65. The van der Waals surface area contributed by atoms with E-state index in [2.05, 4.69) is 0 Å². The fraction of sp³-hybridized carbons (Fsp3) is 0.875. The summed E-state index contributed by atoms with van der Waals surface area (Å²) in [5.41, 5.74) is -0.713. The van der Waals surface area contributed by atoms with Crippen LogP contribution in [-0.4, -0.2) is 36.0 Å². The number of carbonyl (C=O) groups is 1. The van der Waals surface area contributed by atoms with Gasteiger partial charge in [-0.15, -0.1) is 0 Å². The first kappa shape index (κ1) is 9.48. The molecule has 0 aliphatic heterocycles. The van der Waals surface area contributed by atoms with Crippen LogP contribution < -0.4 is 0 Å². The van der Waals surface area contributed by atoms with Crippen molar-refractivity contribution in [1.29, 1.82) is 0 Å². The van der Waals surface area contributed by atoms with Gasteiger partial charge in [0.05, 0.1) is 11.5 Å². The van der Waals surface area contributed by atoms with E-state index in [1.165, 1.54) is 0 Å². The number of aliphatic carboxylic acids is 1. The van der Waals surface area contributed by atoms with Gasteiger partial charge >= 0.3 is 5.97 Å². The van der Waals surface area contributed by atoms with E-state index in [0.29, 0.717) is 25.9 Å². The summed E-state index contributed by atoms with van der Waals surface area (Å²) in [5, 5.41) is 17.9. The summed E-state index contributed by atoms with van der Waals surface area (Å²) in [5.74, 6) is -0.815. The molecular weight excluding hydrogens is 160 g/mol. The van der Waals surface area contributed by atoms with Crippen molar-refractivity contribution in [2.45, 2.75) is 25.4 Å². The molecule has 12 heavy (non-hydrogen) atoms. The predicted molar refractivity (Wildman–Crippen MR) is 41.8 cm³/mol. The zero-order chi connectivity index (χ0) is 9.19. The molecule has 0 aromatic rings. The average Bonchev–Trinajstić information content (AvgIpc) is 1.95. The number of hydrogen-bond acceptors (Lipinski definition) is 3. The molecule has 1 aliphatic carbocycles. The molecule has 0 radical (unpaired) electrons. The summed E-state index contributed by atoms with van der Waals surface area (Å²) in [6.07, 6.45) is 0.797. The Bertz CT molecular complexity index is 172. The van der Waals surface area contributed by atoms with Crippen molar-refractivity contribution in [3.63, 3.8) is 0 Å². The van der Waals surface area contributed by atoms with Gasteiger partial charge in [-0.2, -0.15) is 0 Å². The molecule has 1 saturated carbocycles. The van der Waals surface area contributed by atoms with Crippen LogP contribution in [0.25, 0.3) is 0 Å². The van der Waals surface area contributed by atoms with E-state index >= 15 is 0 Å². The summed E-state index contributed by atoms with van der Waals surface area (Å²) in [6, 6.07) is 0. The van der Waals surface area contributed by atoms with Crippen molar-refractivity contribution in [2.75, 3.05) is 13.7 Å². The number of aliphatic hydroxyl groups excluding tert-OH is 1. The van der Waals surface area contributed by atoms with Gasteiger partial charge in [0.15, 0.2) is 0 Å². The molecule has 1 aliphatic rings. The van der Waals surface area contributed by atoms with Gasteiger partial charge in [-0.25, -0.2) is 0 Å².